The number of hydrogen-bond acceptors (Lipinski definition) is 10. The van der Waals surface area contributed by atoms with Gasteiger partial charge in [-0.2, -0.15) is 0 Å². The van der Waals surface area contributed by atoms with Gasteiger partial charge < -0.3 is 39.4 Å². The molecule has 0 radical (unpaired) electrons. The largest absolute Gasteiger partial charge is 0.466 e. The van der Waals surface area contributed by atoms with Gasteiger partial charge in [-0.1, -0.05) is 54.4 Å². The first-order valence-electron chi connectivity index (χ1n) is 19.4. The SMILES string of the molecule is CCCC(CC)OC(=O)NCCCCCOC(=O)CCN(CCCN(CC)CC)CCC(=O)OCCCCCNC(=O)OC(CC)CCC. The first-order valence-corrected chi connectivity index (χ1v) is 19.4. The highest BCUT2D eigenvalue weighted by atomic mass is 16.6. The van der Waals surface area contributed by atoms with Gasteiger partial charge in [0.25, 0.3) is 0 Å². The van der Waals surface area contributed by atoms with E-state index in [1.807, 2.05) is 13.8 Å². The number of alkyl carbamates (subject to hydrolysis) is 2. The first kappa shape index (κ1) is 46.4. The number of hydrogen-bond donors (Lipinski definition) is 2. The van der Waals surface area contributed by atoms with E-state index in [1.165, 1.54) is 0 Å². The van der Waals surface area contributed by atoms with Crippen LogP contribution in [0.5, 0.6) is 0 Å². The Balaban J connectivity index is 4.29. The van der Waals surface area contributed by atoms with Crippen molar-refractivity contribution in [3.8, 4) is 0 Å². The van der Waals surface area contributed by atoms with Crippen LogP contribution in [-0.4, -0.2) is 112 Å². The van der Waals surface area contributed by atoms with Gasteiger partial charge in [0.2, 0.25) is 0 Å². The molecule has 0 aliphatic heterocycles. The lowest BCUT2D eigenvalue weighted by Crippen LogP contribution is -2.33. The summed E-state index contributed by atoms with van der Waals surface area (Å²) in [6.07, 6.45) is 10.7. The number of ether oxygens (including phenoxy) is 4. The Bertz CT molecular complexity index is 785. The van der Waals surface area contributed by atoms with Gasteiger partial charge in [-0.15, -0.1) is 0 Å². The van der Waals surface area contributed by atoms with E-state index in [0.29, 0.717) is 39.4 Å². The van der Waals surface area contributed by atoms with Gasteiger partial charge >= 0.3 is 24.1 Å². The van der Waals surface area contributed by atoms with E-state index in [4.69, 9.17) is 18.9 Å². The smallest absolute Gasteiger partial charge is 0.407 e. The summed E-state index contributed by atoms with van der Waals surface area (Å²) in [5.74, 6) is -0.484. The van der Waals surface area contributed by atoms with Crippen LogP contribution in [-0.2, 0) is 28.5 Å². The molecule has 0 spiro atoms. The average molecular weight is 701 g/mol. The fraction of sp³-hybridized carbons (Fsp3) is 0.892. The predicted molar refractivity (Wildman–Crippen MR) is 195 cm³/mol. The van der Waals surface area contributed by atoms with Crippen molar-refractivity contribution in [1.29, 1.82) is 0 Å². The maximum absolute atomic E-state index is 12.4. The highest BCUT2D eigenvalue weighted by molar-refractivity contribution is 5.70. The Kier molecular flexibility index (Phi) is 30.9. The van der Waals surface area contributed by atoms with Gasteiger partial charge in [0.1, 0.15) is 12.2 Å². The lowest BCUT2D eigenvalue weighted by molar-refractivity contribution is -0.144. The van der Waals surface area contributed by atoms with Crippen molar-refractivity contribution >= 4 is 24.1 Å². The first-order chi connectivity index (χ1) is 23.7. The van der Waals surface area contributed by atoms with Crippen LogP contribution in [0.25, 0.3) is 0 Å². The Morgan fingerprint density at radius 3 is 1.35 bits per heavy atom. The van der Waals surface area contributed by atoms with Gasteiger partial charge in [0, 0.05) is 26.2 Å². The Hall–Kier alpha value is -2.60. The van der Waals surface area contributed by atoms with E-state index in [1.54, 1.807) is 0 Å². The van der Waals surface area contributed by atoms with Crippen molar-refractivity contribution in [3.05, 3.63) is 0 Å². The number of nitrogens with one attached hydrogen (secondary N) is 2. The second kappa shape index (κ2) is 32.6. The zero-order valence-electron chi connectivity index (χ0n) is 32.0. The number of unbranched alkanes of at least 4 members (excludes halogenated alkanes) is 4. The van der Waals surface area contributed by atoms with Crippen LogP contribution in [0.3, 0.4) is 0 Å². The summed E-state index contributed by atoms with van der Waals surface area (Å²) in [4.78, 5) is 53.2. The molecule has 0 aromatic rings. The third-order valence-electron chi connectivity index (χ3n) is 8.49. The van der Waals surface area contributed by atoms with Crippen LogP contribution < -0.4 is 10.6 Å². The maximum atomic E-state index is 12.4. The summed E-state index contributed by atoms with van der Waals surface area (Å²) in [6.45, 7) is 19.0. The average Bonchev–Trinajstić information content (AvgIpc) is 3.09. The molecule has 0 saturated heterocycles. The molecule has 0 aliphatic carbocycles. The lowest BCUT2D eigenvalue weighted by atomic mass is 10.2. The molecule has 0 heterocycles. The minimum Gasteiger partial charge on any atom is -0.466 e. The summed E-state index contributed by atoms with van der Waals surface area (Å²) in [5, 5.41) is 5.59. The van der Waals surface area contributed by atoms with Gasteiger partial charge in [-0.05, 0) is 96.8 Å². The van der Waals surface area contributed by atoms with Crippen LogP contribution in [0.4, 0.5) is 9.59 Å². The number of amides is 2. The van der Waals surface area contributed by atoms with Crippen molar-refractivity contribution < 1.29 is 38.1 Å². The van der Waals surface area contributed by atoms with Crippen LogP contribution >= 0.6 is 0 Å². The molecule has 288 valence electrons. The molecule has 0 fully saturated rings. The molecule has 12 heteroatoms. The molecule has 2 N–H and O–H groups in total. The second-order valence-electron chi connectivity index (χ2n) is 12.6. The molecule has 2 unspecified atom stereocenters. The number of nitrogens with zero attached hydrogens (tertiary/aromatic N) is 2. The summed E-state index contributed by atoms with van der Waals surface area (Å²) in [5.41, 5.74) is 0. The third-order valence-corrected chi connectivity index (χ3v) is 8.49. The highest BCUT2D eigenvalue weighted by Gasteiger charge is 2.14. The van der Waals surface area contributed by atoms with E-state index in [9.17, 15) is 19.2 Å². The van der Waals surface area contributed by atoms with E-state index >= 15 is 0 Å². The second-order valence-corrected chi connectivity index (χ2v) is 12.6. The van der Waals surface area contributed by atoms with Crippen LogP contribution in [0.15, 0.2) is 0 Å². The predicted octanol–water partition coefficient (Wildman–Crippen LogP) is 6.84. The number of rotatable bonds is 32. The zero-order valence-corrected chi connectivity index (χ0v) is 32.0. The Morgan fingerprint density at radius 1 is 0.531 bits per heavy atom. The molecule has 0 rings (SSSR count). The summed E-state index contributed by atoms with van der Waals surface area (Å²) >= 11 is 0. The Morgan fingerprint density at radius 2 is 0.959 bits per heavy atom. The standard InChI is InChI=1S/C37H72N4O8/c1-7-20-32(9-3)48-36(44)38-24-15-13-17-30-46-34(42)22-28-41(27-19-26-40(11-5)12-6)29-23-35(43)47-31-18-14-16-25-39-37(45)49-33(10-4)21-8-2/h32-33H,7-31H2,1-6H3,(H,38,44)(H,39,45). The lowest BCUT2D eigenvalue weighted by Gasteiger charge is -2.24. The molecule has 0 saturated carbocycles. The minimum atomic E-state index is -0.366. The van der Waals surface area contributed by atoms with Gasteiger partial charge in [0.15, 0.2) is 0 Å². The summed E-state index contributed by atoms with van der Waals surface area (Å²) in [7, 11) is 0. The third kappa shape index (κ3) is 27.9. The van der Waals surface area contributed by atoms with Crippen LogP contribution in [0.2, 0.25) is 0 Å². The molecule has 0 bridgehead atoms. The number of esters is 2. The molecule has 12 nitrogen and oxygen atoms in total. The molecule has 0 aliphatic rings. The molecular formula is C37H72N4O8. The van der Waals surface area contributed by atoms with Gasteiger partial charge in [-0.3, -0.25) is 9.59 Å². The normalized spacial score (nSPS) is 12.4. The monoisotopic (exact) mass is 701 g/mol. The quantitative estimate of drug-likeness (QED) is 0.0436. The van der Waals surface area contributed by atoms with E-state index in [2.05, 4.69) is 48.1 Å². The van der Waals surface area contributed by atoms with E-state index < -0.39 is 0 Å². The van der Waals surface area contributed by atoms with Crippen molar-refractivity contribution in [2.75, 3.05) is 65.6 Å². The van der Waals surface area contributed by atoms with Gasteiger partial charge in [0.05, 0.1) is 26.1 Å². The van der Waals surface area contributed by atoms with Gasteiger partial charge in [-0.25, -0.2) is 9.59 Å². The minimum absolute atomic E-state index is 0.0319. The van der Waals surface area contributed by atoms with Crippen LogP contribution in [0.1, 0.15) is 138 Å². The molecule has 2 atom stereocenters. The van der Waals surface area contributed by atoms with Crippen LogP contribution in [0, 0.1) is 0 Å². The summed E-state index contributed by atoms with van der Waals surface area (Å²) < 4.78 is 21.7. The van der Waals surface area contributed by atoms with Crippen molar-refractivity contribution in [2.24, 2.45) is 0 Å². The molecule has 49 heavy (non-hydrogen) atoms. The Labute approximate surface area is 298 Å². The van der Waals surface area contributed by atoms with Crippen molar-refractivity contribution in [1.82, 2.24) is 20.4 Å². The van der Waals surface area contributed by atoms with E-state index in [-0.39, 0.29) is 49.2 Å². The molecule has 0 aromatic carbocycles. The molecular weight excluding hydrogens is 628 g/mol. The number of carbonyl (C=O) groups excluding carboxylic acids is 4. The van der Waals surface area contributed by atoms with E-state index in [0.717, 1.165) is 110 Å². The van der Waals surface area contributed by atoms with Crippen molar-refractivity contribution in [2.45, 2.75) is 150 Å². The molecule has 2 amide bonds. The maximum Gasteiger partial charge on any atom is 0.407 e. The topological polar surface area (TPSA) is 136 Å². The fourth-order valence-corrected chi connectivity index (χ4v) is 5.32. The summed E-state index contributed by atoms with van der Waals surface area (Å²) in [6, 6.07) is 0. The fourth-order valence-electron chi connectivity index (χ4n) is 5.32. The van der Waals surface area contributed by atoms with Crippen molar-refractivity contribution in [3.63, 3.8) is 0 Å². The zero-order chi connectivity index (χ0) is 36.5. The molecule has 0 aromatic heterocycles. The highest BCUT2D eigenvalue weighted by Crippen LogP contribution is 2.08. The number of carbonyl (C=O) groups is 4.